The van der Waals surface area contributed by atoms with E-state index in [4.69, 9.17) is 15.2 Å². The molecule has 1 atom stereocenters. The fourth-order valence-electron chi connectivity index (χ4n) is 2.95. The van der Waals surface area contributed by atoms with E-state index >= 15 is 0 Å². The molecule has 0 amide bonds. The summed E-state index contributed by atoms with van der Waals surface area (Å²) < 4.78 is 11.3. The number of nitrogen functional groups attached to an aromatic ring is 1. The number of anilines is 1. The summed E-state index contributed by atoms with van der Waals surface area (Å²) in [4.78, 5) is 0. The zero-order valence-electron chi connectivity index (χ0n) is 12.3. The molecule has 0 fully saturated rings. The van der Waals surface area contributed by atoms with Gasteiger partial charge in [0.1, 0.15) is 5.75 Å². The molecule has 3 heteroatoms. The van der Waals surface area contributed by atoms with Crippen LogP contribution in [-0.2, 0) is 17.8 Å². The number of rotatable bonds is 4. The van der Waals surface area contributed by atoms with Gasteiger partial charge in [-0.25, -0.2) is 0 Å². The monoisotopic (exact) mass is 283 g/mol. The zero-order valence-corrected chi connectivity index (χ0v) is 12.3. The topological polar surface area (TPSA) is 44.5 Å². The highest BCUT2D eigenvalue weighted by atomic mass is 16.5. The molecule has 0 saturated carbocycles. The molecule has 0 radical (unpaired) electrons. The first-order chi connectivity index (χ1) is 10.3. The van der Waals surface area contributed by atoms with Gasteiger partial charge in [0, 0.05) is 0 Å². The molecule has 2 N–H and O–H groups in total. The van der Waals surface area contributed by atoms with Gasteiger partial charge in [-0.3, -0.25) is 0 Å². The number of ether oxygens (including phenoxy) is 2. The summed E-state index contributed by atoms with van der Waals surface area (Å²) in [5.74, 6) is 0.710. The van der Waals surface area contributed by atoms with Crippen LogP contribution in [0.5, 0.6) is 5.75 Å². The first-order valence-electron chi connectivity index (χ1n) is 7.39. The molecule has 1 aliphatic rings. The maximum atomic E-state index is 6.13. The van der Waals surface area contributed by atoms with E-state index in [1.807, 2.05) is 18.2 Å². The van der Waals surface area contributed by atoms with Crippen LogP contribution in [0, 0.1) is 0 Å². The molecule has 3 nitrogen and oxygen atoms in total. The van der Waals surface area contributed by atoms with Crippen molar-refractivity contribution in [3.8, 4) is 5.75 Å². The van der Waals surface area contributed by atoms with Gasteiger partial charge in [-0.1, -0.05) is 30.3 Å². The van der Waals surface area contributed by atoms with E-state index in [2.05, 4.69) is 24.3 Å². The van der Waals surface area contributed by atoms with Crippen LogP contribution in [0.4, 0.5) is 5.69 Å². The van der Waals surface area contributed by atoms with Crippen LogP contribution in [0.25, 0.3) is 0 Å². The fraction of sp³-hybridized carbons (Fsp3) is 0.333. The second-order valence-corrected chi connectivity index (χ2v) is 5.47. The van der Waals surface area contributed by atoms with Crippen molar-refractivity contribution in [3.63, 3.8) is 0 Å². The van der Waals surface area contributed by atoms with Crippen LogP contribution < -0.4 is 10.5 Å². The van der Waals surface area contributed by atoms with Crippen LogP contribution in [0.1, 0.15) is 35.6 Å². The van der Waals surface area contributed by atoms with Crippen LogP contribution >= 0.6 is 0 Å². The van der Waals surface area contributed by atoms with Gasteiger partial charge >= 0.3 is 0 Å². The SMILES string of the molecule is COc1ccc(COC2CCCc3ccccc32)cc1N. The van der Waals surface area contributed by atoms with Gasteiger partial charge in [0.2, 0.25) is 0 Å². The van der Waals surface area contributed by atoms with Gasteiger partial charge in [-0.15, -0.1) is 0 Å². The minimum atomic E-state index is 0.193. The average molecular weight is 283 g/mol. The van der Waals surface area contributed by atoms with Gasteiger partial charge in [-0.2, -0.15) is 0 Å². The first-order valence-corrected chi connectivity index (χ1v) is 7.39. The van der Waals surface area contributed by atoms with E-state index in [1.54, 1.807) is 7.11 Å². The highest BCUT2D eigenvalue weighted by Crippen LogP contribution is 2.33. The minimum absolute atomic E-state index is 0.193. The third kappa shape index (κ3) is 3.03. The van der Waals surface area contributed by atoms with Crippen molar-refractivity contribution < 1.29 is 9.47 Å². The van der Waals surface area contributed by atoms with Crippen LogP contribution in [-0.4, -0.2) is 7.11 Å². The maximum absolute atomic E-state index is 6.13. The normalized spacial score (nSPS) is 17.3. The fourth-order valence-corrected chi connectivity index (χ4v) is 2.95. The predicted octanol–water partition coefficient (Wildman–Crippen LogP) is 3.87. The van der Waals surface area contributed by atoms with E-state index in [0.717, 1.165) is 18.4 Å². The Morgan fingerprint density at radius 2 is 2.05 bits per heavy atom. The van der Waals surface area contributed by atoms with Crippen molar-refractivity contribution in [1.82, 2.24) is 0 Å². The third-order valence-corrected chi connectivity index (χ3v) is 4.06. The summed E-state index contributed by atoms with van der Waals surface area (Å²) in [6.07, 6.45) is 3.62. The summed E-state index contributed by atoms with van der Waals surface area (Å²) in [7, 11) is 1.63. The number of methoxy groups -OCH3 is 1. The Balaban J connectivity index is 1.70. The van der Waals surface area contributed by atoms with E-state index in [1.165, 1.54) is 17.5 Å². The molecule has 0 aliphatic heterocycles. The Bertz CT molecular complexity index is 624. The molecule has 1 aliphatic carbocycles. The summed E-state index contributed by atoms with van der Waals surface area (Å²) in [6, 6.07) is 14.4. The van der Waals surface area contributed by atoms with E-state index in [-0.39, 0.29) is 6.10 Å². The number of nitrogens with two attached hydrogens (primary N) is 1. The van der Waals surface area contributed by atoms with Gasteiger partial charge in [0.25, 0.3) is 0 Å². The highest BCUT2D eigenvalue weighted by molar-refractivity contribution is 5.54. The number of hydrogen-bond acceptors (Lipinski definition) is 3. The molecule has 1 unspecified atom stereocenters. The standard InChI is InChI=1S/C18H21NO2/c1-20-18-10-9-13(11-16(18)19)12-21-17-8-4-6-14-5-2-3-7-15(14)17/h2-3,5,7,9-11,17H,4,6,8,12,19H2,1H3. The average Bonchev–Trinajstić information content (AvgIpc) is 2.53. The smallest absolute Gasteiger partial charge is 0.141 e. The Labute approximate surface area is 125 Å². The second kappa shape index (κ2) is 6.19. The molecule has 2 aromatic carbocycles. The van der Waals surface area contributed by atoms with E-state index in [9.17, 15) is 0 Å². The van der Waals surface area contributed by atoms with Gasteiger partial charge < -0.3 is 15.2 Å². The van der Waals surface area contributed by atoms with Crippen molar-refractivity contribution >= 4 is 5.69 Å². The Kier molecular flexibility index (Phi) is 4.11. The Hall–Kier alpha value is -2.00. The number of benzene rings is 2. The molecular formula is C18H21NO2. The first kappa shape index (κ1) is 14.0. The zero-order chi connectivity index (χ0) is 14.7. The molecule has 0 saturated heterocycles. The molecular weight excluding hydrogens is 262 g/mol. The van der Waals surface area contributed by atoms with Crippen molar-refractivity contribution in [2.24, 2.45) is 0 Å². The van der Waals surface area contributed by atoms with Gasteiger partial charge in [-0.05, 0) is 48.1 Å². The molecule has 3 rings (SSSR count). The van der Waals surface area contributed by atoms with Gasteiger partial charge in [0.05, 0.1) is 25.5 Å². The van der Waals surface area contributed by atoms with Gasteiger partial charge in [0.15, 0.2) is 0 Å². The number of fused-ring (bicyclic) bond motifs is 1. The lowest BCUT2D eigenvalue weighted by Crippen LogP contribution is -2.12. The molecule has 110 valence electrons. The van der Waals surface area contributed by atoms with Crippen molar-refractivity contribution in [2.45, 2.75) is 32.0 Å². The van der Waals surface area contributed by atoms with Crippen molar-refractivity contribution in [1.29, 1.82) is 0 Å². The number of hydrogen-bond donors (Lipinski definition) is 1. The molecule has 0 aromatic heterocycles. The van der Waals surface area contributed by atoms with E-state index < -0.39 is 0 Å². The summed E-state index contributed by atoms with van der Waals surface area (Å²) in [5.41, 5.74) is 10.4. The third-order valence-electron chi connectivity index (χ3n) is 4.06. The largest absolute Gasteiger partial charge is 0.495 e. The van der Waals surface area contributed by atoms with Crippen molar-refractivity contribution in [3.05, 3.63) is 59.2 Å². The molecule has 2 aromatic rings. The lowest BCUT2D eigenvalue weighted by atomic mass is 9.89. The lowest BCUT2D eigenvalue weighted by Gasteiger charge is -2.25. The van der Waals surface area contributed by atoms with Crippen molar-refractivity contribution in [2.75, 3.05) is 12.8 Å². The minimum Gasteiger partial charge on any atom is -0.495 e. The molecule has 0 spiro atoms. The Morgan fingerprint density at radius 3 is 2.86 bits per heavy atom. The maximum Gasteiger partial charge on any atom is 0.141 e. The highest BCUT2D eigenvalue weighted by Gasteiger charge is 2.20. The summed E-state index contributed by atoms with van der Waals surface area (Å²) in [6.45, 7) is 0.577. The summed E-state index contributed by atoms with van der Waals surface area (Å²) in [5, 5.41) is 0. The van der Waals surface area contributed by atoms with Crippen LogP contribution in [0.3, 0.4) is 0 Å². The van der Waals surface area contributed by atoms with E-state index in [0.29, 0.717) is 18.0 Å². The predicted molar refractivity (Wildman–Crippen MR) is 84.3 cm³/mol. The van der Waals surface area contributed by atoms with Crippen LogP contribution in [0.2, 0.25) is 0 Å². The van der Waals surface area contributed by atoms with Crippen LogP contribution in [0.15, 0.2) is 42.5 Å². The molecule has 0 heterocycles. The number of aryl methyl sites for hydroxylation is 1. The Morgan fingerprint density at radius 1 is 1.19 bits per heavy atom. The molecule has 21 heavy (non-hydrogen) atoms. The lowest BCUT2D eigenvalue weighted by molar-refractivity contribution is 0.0283. The quantitative estimate of drug-likeness (QED) is 0.866. The second-order valence-electron chi connectivity index (χ2n) is 5.47. The molecule has 0 bridgehead atoms. The summed E-state index contributed by atoms with van der Waals surface area (Å²) >= 11 is 0.